The third-order valence-electron chi connectivity index (χ3n) is 4.00. The molecule has 2 atom stereocenters. The molecule has 0 amide bonds. The molecule has 3 rings (SSSR count). The summed E-state index contributed by atoms with van der Waals surface area (Å²) in [6.07, 6.45) is 1.17. The van der Waals surface area contributed by atoms with Crippen molar-refractivity contribution < 1.29 is 9.53 Å². The summed E-state index contributed by atoms with van der Waals surface area (Å²) in [5.74, 6) is 0.637. The molecular weight excluding hydrogens is 264 g/mol. The zero-order chi connectivity index (χ0) is 15.0. The first kappa shape index (κ1) is 13.4. The van der Waals surface area contributed by atoms with E-state index in [1.54, 1.807) is 0 Å². The molecule has 2 N–H and O–H groups in total. The van der Waals surface area contributed by atoms with Gasteiger partial charge in [0, 0.05) is 18.4 Å². The Bertz CT molecular complexity index is 695. The lowest BCUT2D eigenvalue weighted by molar-refractivity contribution is -0.117. The molecule has 4 nitrogen and oxygen atoms in total. The number of ether oxygens (including phenoxy) is 1. The molecule has 21 heavy (non-hydrogen) atoms. The fourth-order valence-corrected chi connectivity index (χ4v) is 3.07. The first-order valence-electron chi connectivity index (χ1n) is 7.00. The van der Waals surface area contributed by atoms with Gasteiger partial charge in [-0.2, -0.15) is 5.26 Å². The maximum atomic E-state index is 12.5. The Balaban J connectivity index is 2.17. The lowest BCUT2D eigenvalue weighted by atomic mass is 9.75. The molecule has 0 unspecified atom stereocenters. The van der Waals surface area contributed by atoms with Gasteiger partial charge in [0.1, 0.15) is 17.4 Å². The number of hydrogen-bond acceptors (Lipinski definition) is 4. The maximum absolute atomic E-state index is 12.5. The van der Waals surface area contributed by atoms with Crippen LogP contribution in [0.5, 0.6) is 0 Å². The van der Waals surface area contributed by atoms with E-state index < -0.39 is 5.92 Å². The van der Waals surface area contributed by atoms with Gasteiger partial charge in [0.2, 0.25) is 5.88 Å². The molecule has 0 spiro atoms. The summed E-state index contributed by atoms with van der Waals surface area (Å²) in [6, 6.07) is 11.6. The Morgan fingerprint density at radius 3 is 2.67 bits per heavy atom. The Morgan fingerprint density at radius 2 is 2.00 bits per heavy atom. The van der Waals surface area contributed by atoms with Gasteiger partial charge in [-0.15, -0.1) is 0 Å². The Kier molecular flexibility index (Phi) is 3.26. The summed E-state index contributed by atoms with van der Waals surface area (Å²) in [5.41, 5.74) is 7.73. The van der Waals surface area contributed by atoms with Crippen LogP contribution in [0, 0.1) is 17.2 Å². The lowest BCUT2D eigenvalue weighted by Crippen LogP contribution is -2.29. The number of benzene rings is 1. The quantitative estimate of drug-likeness (QED) is 0.858. The van der Waals surface area contributed by atoms with E-state index in [1.165, 1.54) is 0 Å². The van der Waals surface area contributed by atoms with E-state index >= 15 is 0 Å². The molecule has 1 aliphatic heterocycles. The van der Waals surface area contributed by atoms with Crippen LogP contribution >= 0.6 is 0 Å². The van der Waals surface area contributed by atoms with Gasteiger partial charge in [0.25, 0.3) is 0 Å². The SMILES string of the molecule is C[C@@H]1CC(=O)C2=C(C1)OC(N)=C(C#N)[C@H]2c1ccccc1. The smallest absolute Gasteiger partial charge is 0.205 e. The van der Waals surface area contributed by atoms with Gasteiger partial charge in [-0.05, 0) is 11.5 Å². The van der Waals surface area contributed by atoms with Crippen molar-refractivity contribution >= 4 is 5.78 Å². The van der Waals surface area contributed by atoms with Crippen LogP contribution in [0.15, 0.2) is 53.1 Å². The number of hydrogen-bond donors (Lipinski definition) is 1. The van der Waals surface area contributed by atoms with Gasteiger partial charge in [0.05, 0.1) is 5.92 Å². The van der Waals surface area contributed by atoms with E-state index in [0.29, 0.717) is 29.7 Å². The van der Waals surface area contributed by atoms with Crippen LogP contribution < -0.4 is 5.73 Å². The van der Waals surface area contributed by atoms with Crippen molar-refractivity contribution in [3.05, 3.63) is 58.7 Å². The minimum absolute atomic E-state index is 0.0536. The highest BCUT2D eigenvalue weighted by atomic mass is 16.5. The second-order valence-electron chi connectivity index (χ2n) is 5.61. The van der Waals surface area contributed by atoms with Crippen LogP contribution in [0.1, 0.15) is 31.2 Å². The van der Waals surface area contributed by atoms with Crippen LogP contribution in [-0.2, 0) is 9.53 Å². The van der Waals surface area contributed by atoms with Crippen molar-refractivity contribution in [1.29, 1.82) is 5.26 Å². The standard InChI is InChI=1S/C17H16N2O2/c1-10-7-13(20)16-14(8-10)21-17(19)12(9-18)15(16)11-5-3-2-4-6-11/h2-6,10,15H,7-8,19H2,1H3/t10-,15-/m1/s1. The summed E-state index contributed by atoms with van der Waals surface area (Å²) in [5, 5.41) is 9.42. The molecular formula is C17H16N2O2. The van der Waals surface area contributed by atoms with Crippen molar-refractivity contribution in [2.45, 2.75) is 25.7 Å². The van der Waals surface area contributed by atoms with Gasteiger partial charge < -0.3 is 10.5 Å². The number of carbonyl (C=O) groups excluding carboxylic acids is 1. The van der Waals surface area contributed by atoms with Crippen LogP contribution in [0.3, 0.4) is 0 Å². The second kappa shape index (κ2) is 5.10. The fraction of sp³-hybridized carbons (Fsp3) is 0.294. The predicted octanol–water partition coefficient (Wildman–Crippen LogP) is 2.75. The molecule has 1 heterocycles. The van der Waals surface area contributed by atoms with E-state index in [-0.39, 0.29) is 17.6 Å². The molecule has 1 aliphatic carbocycles. The van der Waals surface area contributed by atoms with Gasteiger partial charge >= 0.3 is 0 Å². The van der Waals surface area contributed by atoms with Gasteiger partial charge in [-0.25, -0.2) is 0 Å². The van der Waals surface area contributed by atoms with Gasteiger partial charge in [-0.3, -0.25) is 4.79 Å². The van der Waals surface area contributed by atoms with Crippen molar-refractivity contribution in [2.24, 2.45) is 11.7 Å². The molecule has 0 fully saturated rings. The maximum Gasteiger partial charge on any atom is 0.205 e. The van der Waals surface area contributed by atoms with E-state index in [0.717, 1.165) is 5.56 Å². The van der Waals surface area contributed by atoms with Crippen LogP contribution in [0.2, 0.25) is 0 Å². The molecule has 1 aromatic rings. The topological polar surface area (TPSA) is 76.1 Å². The van der Waals surface area contributed by atoms with Crippen LogP contribution in [0.25, 0.3) is 0 Å². The Morgan fingerprint density at radius 1 is 1.29 bits per heavy atom. The minimum atomic E-state index is -0.403. The number of allylic oxidation sites excluding steroid dienone is 3. The fourth-order valence-electron chi connectivity index (χ4n) is 3.07. The summed E-state index contributed by atoms with van der Waals surface area (Å²) in [4.78, 5) is 12.5. The number of ketones is 1. The van der Waals surface area contributed by atoms with Crippen molar-refractivity contribution in [2.75, 3.05) is 0 Å². The molecule has 0 aromatic heterocycles. The molecule has 0 saturated carbocycles. The normalized spacial score (nSPS) is 25.2. The number of rotatable bonds is 1. The Hall–Kier alpha value is -2.54. The molecule has 4 heteroatoms. The highest BCUT2D eigenvalue weighted by Crippen LogP contribution is 2.44. The average Bonchev–Trinajstić information content (AvgIpc) is 2.46. The highest BCUT2D eigenvalue weighted by molar-refractivity contribution is 5.99. The zero-order valence-electron chi connectivity index (χ0n) is 11.8. The summed E-state index contributed by atoms with van der Waals surface area (Å²) >= 11 is 0. The number of carbonyl (C=O) groups is 1. The molecule has 1 aromatic carbocycles. The second-order valence-corrected chi connectivity index (χ2v) is 5.61. The van der Waals surface area contributed by atoms with E-state index in [2.05, 4.69) is 6.07 Å². The van der Waals surface area contributed by atoms with Gasteiger partial charge in [-0.1, -0.05) is 37.3 Å². The first-order chi connectivity index (χ1) is 10.1. The number of Topliss-reactive ketones (excluding diaryl/α,β-unsaturated/α-hetero) is 1. The third-order valence-corrected chi connectivity index (χ3v) is 4.00. The average molecular weight is 280 g/mol. The molecule has 0 saturated heterocycles. The first-order valence-corrected chi connectivity index (χ1v) is 7.00. The molecule has 0 bridgehead atoms. The van der Waals surface area contributed by atoms with Crippen molar-refractivity contribution in [1.82, 2.24) is 0 Å². The van der Waals surface area contributed by atoms with E-state index in [1.807, 2.05) is 37.3 Å². The van der Waals surface area contributed by atoms with Crippen LogP contribution in [-0.4, -0.2) is 5.78 Å². The molecule has 2 aliphatic rings. The summed E-state index contributed by atoms with van der Waals surface area (Å²) in [6.45, 7) is 2.02. The zero-order valence-corrected chi connectivity index (χ0v) is 11.8. The van der Waals surface area contributed by atoms with E-state index in [9.17, 15) is 10.1 Å². The summed E-state index contributed by atoms with van der Waals surface area (Å²) < 4.78 is 5.58. The predicted molar refractivity (Wildman–Crippen MR) is 77.5 cm³/mol. The minimum Gasteiger partial charge on any atom is -0.444 e. The van der Waals surface area contributed by atoms with Crippen molar-refractivity contribution in [3.63, 3.8) is 0 Å². The van der Waals surface area contributed by atoms with E-state index in [4.69, 9.17) is 10.5 Å². The molecule has 0 radical (unpaired) electrons. The highest BCUT2D eigenvalue weighted by Gasteiger charge is 2.39. The number of nitrogens with two attached hydrogens (primary N) is 1. The largest absolute Gasteiger partial charge is 0.444 e. The van der Waals surface area contributed by atoms with Gasteiger partial charge in [0.15, 0.2) is 5.78 Å². The number of nitrogens with zero attached hydrogens (tertiary/aromatic N) is 1. The lowest BCUT2D eigenvalue weighted by Gasteiger charge is -2.32. The summed E-state index contributed by atoms with van der Waals surface area (Å²) in [7, 11) is 0. The third kappa shape index (κ3) is 2.21. The van der Waals surface area contributed by atoms with Crippen molar-refractivity contribution in [3.8, 4) is 6.07 Å². The Labute approximate surface area is 123 Å². The number of nitriles is 1. The van der Waals surface area contributed by atoms with Crippen LogP contribution in [0.4, 0.5) is 0 Å². The monoisotopic (exact) mass is 280 g/mol. The molecule has 106 valence electrons.